The number of hydrogen-bond acceptors (Lipinski definition) is 1. The van der Waals surface area contributed by atoms with Crippen LogP contribution in [0.15, 0.2) is 0 Å². The summed E-state index contributed by atoms with van der Waals surface area (Å²) in [6.45, 7) is 5.13. The highest BCUT2D eigenvalue weighted by Gasteiger charge is 2.29. The minimum atomic E-state index is 0.940. The molecule has 0 aromatic rings. The van der Waals surface area contributed by atoms with E-state index in [-0.39, 0.29) is 0 Å². The predicted molar refractivity (Wildman–Crippen MR) is 47.6 cm³/mol. The number of likely N-dealkylation sites (tertiary alicyclic amines) is 1. The van der Waals surface area contributed by atoms with Crippen molar-refractivity contribution in [3.63, 3.8) is 0 Å². The van der Waals surface area contributed by atoms with Crippen LogP contribution >= 0.6 is 0 Å². The van der Waals surface area contributed by atoms with E-state index in [4.69, 9.17) is 0 Å². The molecule has 1 heteroatoms. The van der Waals surface area contributed by atoms with E-state index in [0.29, 0.717) is 0 Å². The quantitative estimate of drug-likeness (QED) is 0.601. The third-order valence-corrected chi connectivity index (χ3v) is 3.16. The Bertz CT molecular complexity index is 129. The molecule has 0 bridgehead atoms. The summed E-state index contributed by atoms with van der Waals surface area (Å²) in [6, 6.07) is 0.940. The average Bonchev–Trinajstić information content (AvgIpc) is 2.68. The van der Waals surface area contributed by atoms with Crippen LogP contribution in [0.4, 0.5) is 0 Å². The maximum atomic E-state index is 2.72. The molecule has 1 saturated carbocycles. The van der Waals surface area contributed by atoms with Crippen molar-refractivity contribution in [3.05, 3.63) is 0 Å². The summed E-state index contributed by atoms with van der Waals surface area (Å²) < 4.78 is 0. The summed E-state index contributed by atoms with van der Waals surface area (Å²) in [7, 11) is 0. The molecule has 0 spiro atoms. The smallest absolute Gasteiger partial charge is 0.00932 e. The monoisotopic (exact) mass is 153 g/mol. The van der Waals surface area contributed by atoms with Crippen LogP contribution in [0, 0.1) is 5.92 Å². The fourth-order valence-corrected chi connectivity index (χ4v) is 2.23. The first-order valence-corrected chi connectivity index (χ1v) is 5.14. The van der Waals surface area contributed by atoms with Crippen LogP contribution in [0.1, 0.15) is 39.0 Å². The molecule has 2 aliphatic rings. The number of nitrogens with zero attached hydrogens (tertiary/aromatic N) is 1. The molecule has 2 fully saturated rings. The van der Waals surface area contributed by atoms with Gasteiger partial charge in [-0.2, -0.15) is 0 Å². The van der Waals surface area contributed by atoms with E-state index < -0.39 is 0 Å². The highest BCUT2D eigenvalue weighted by Crippen LogP contribution is 2.32. The first-order valence-electron chi connectivity index (χ1n) is 5.14. The normalized spacial score (nSPS) is 33.0. The average molecular weight is 153 g/mol. The van der Waals surface area contributed by atoms with Gasteiger partial charge in [-0.05, 0) is 44.6 Å². The van der Waals surface area contributed by atoms with Crippen molar-refractivity contribution >= 4 is 0 Å². The summed E-state index contributed by atoms with van der Waals surface area (Å²) in [5, 5.41) is 0. The van der Waals surface area contributed by atoms with E-state index in [9.17, 15) is 0 Å². The first-order chi connectivity index (χ1) is 5.40. The van der Waals surface area contributed by atoms with Crippen molar-refractivity contribution in [1.29, 1.82) is 0 Å². The van der Waals surface area contributed by atoms with Crippen molar-refractivity contribution < 1.29 is 0 Å². The van der Waals surface area contributed by atoms with E-state index in [1.807, 2.05) is 0 Å². The van der Waals surface area contributed by atoms with Crippen LogP contribution in [0.5, 0.6) is 0 Å². The van der Waals surface area contributed by atoms with E-state index in [2.05, 4.69) is 11.8 Å². The molecule has 0 N–H and O–H groups in total. The molecular weight excluding hydrogens is 134 g/mol. The second-order valence-corrected chi connectivity index (χ2v) is 4.14. The third kappa shape index (κ3) is 1.76. The summed E-state index contributed by atoms with van der Waals surface area (Å²) in [6.07, 6.45) is 7.29. The molecule has 1 aliphatic carbocycles. The Kier molecular flexibility index (Phi) is 2.17. The van der Waals surface area contributed by atoms with E-state index >= 15 is 0 Å². The lowest BCUT2D eigenvalue weighted by atomic mass is 10.1. The molecule has 1 heterocycles. The first kappa shape index (κ1) is 7.60. The number of hydrogen-bond donors (Lipinski definition) is 0. The van der Waals surface area contributed by atoms with Gasteiger partial charge in [0.15, 0.2) is 0 Å². The molecule has 11 heavy (non-hydrogen) atoms. The second kappa shape index (κ2) is 3.14. The Morgan fingerprint density at radius 2 is 2.09 bits per heavy atom. The van der Waals surface area contributed by atoms with Gasteiger partial charge in [-0.1, -0.05) is 6.92 Å². The fourth-order valence-electron chi connectivity index (χ4n) is 2.23. The fraction of sp³-hybridized carbons (Fsp3) is 1.00. The van der Waals surface area contributed by atoms with Crippen LogP contribution in [-0.4, -0.2) is 24.0 Å². The Hall–Kier alpha value is -0.0400. The topological polar surface area (TPSA) is 3.24 Å². The lowest BCUT2D eigenvalue weighted by molar-refractivity contribution is 0.238. The zero-order chi connectivity index (χ0) is 7.68. The summed E-state index contributed by atoms with van der Waals surface area (Å²) in [5.41, 5.74) is 0. The molecule has 2 rings (SSSR count). The van der Waals surface area contributed by atoms with Gasteiger partial charge in [0, 0.05) is 12.6 Å². The predicted octanol–water partition coefficient (Wildman–Crippen LogP) is 2.27. The standard InChI is InChI=1S/C10H19N/c1-2-10-4-3-7-11(10)8-9-5-6-9/h9-10H,2-8H2,1H3/t10-/m1/s1. The minimum absolute atomic E-state index is 0.940. The lowest BCUT2D eigenvalue weighted by Gasteiger charge is -2.22. The Morgan fingerprint density at radius 1 is 1.27 bits per heavy atom. The molecule has 0 unspecified atom stereocenters. The van der Waals surface area contributed by atoms with Crippen LogP contribution in [0.2, 0.25) is 0 Å². The third-order valence-electron chi connectivity index (χ3n) is 3.16. The Balaban J connectivity index is 1.79. The van der Waals surface area contributed by atoms with Gasteiger partial charge >= 0.3 is 0 Å². The van der Waals surface area contributed by atoms with Crippen molar-refractivity contribution in [1.82, 2.24) is 4.90 Å². The summed E-state index contributed by atoms with van der Waals surface area (Å²) in [5.74, 6) is 1.09. The van der Waals surface area contributed by atoms with Gasteiger partial charge < -0.3 is 4.90 Å². The maximum absolute atomic E-state index is 2.72. The summed E-state index contributed by atoms with van der Waals surface area (Å²) >= 11 is 0. The molecule has 0 aromatic carbocycles. The molecule has 1 aliphatic heterocycles. The Labute approximate surface area is 69.8 Å². The van der Waals surface area contributed by atoms with Crippen molar-refractivity contribution in [2.24, 2.45) is 5.92 Å². The van der Waals surface area contributed by atoms with Gasteiger partial charge in [-0.3, -0.25) is 0 Å². The van der Waals surface area contributed by atoms with Crippen LogP contribution < -0.4 is 0 Å². The molecule has 1 atom stereocenters. The van der Waals surface area contributed by atoms with Crippen LogP contribution in [-0.2, 0) is 0 Å². The Morgan fingerprint density at radius 3 is 2.73 bits per heavy atom. The van der Waals surface area contributed by atoms with E-state index in [1.54, 1.807) is 0 Å². The van der Waals surface area contributed by atoms with Crippen molar-refractivity contribution in [3.8, 4) is 0 Å². The molecule has 0 radical (unpaired) electrons. The second-order valence-electron chi connectivity index (χ2n) is 4.14. The van der Waals surface area contributed by atoms with Gasteiger partial charge in [0.2, 0.25) is 0 Å². The highest BCUT2D eigenvalue weighted by molar-refractivity contribution is 4.84. The SMILES string of the molecule is CC[C@@H]1CCCN1CC1CC1. The molecule has 64 valence electrons. The highest BCUT2D eigenvalue weighted by atomic mass is 15.2. The van der Waals surface area contributed by atoms with Gasteiger partial charge in [0.05, 0.1) is 0 Å². The van der Waals surface area contributed by atoms with Gasteiger partial charge in [0.25, 0.3) is 0 Å². The minimum Gasteiger partial charge on any atom is -0.300 e. The van der Waals surface area contributed by atoms with Gasteiger partial charge in [-0.15, -0.1) is 0 Å². The van der Waals surface area contributed by atoms with Crippen molar-refractivity contribution in [2.45, 2.75) is 45.1 Å². The molecule has 1 saturated heterocycles. The van der Waals surface area contributed by atoms with Gasteiger partial charge in [0.1, 0.15) is 0 Å². The lowest BCUT2D eigenvalue weighted by Crippen LogP contribution is -2.30. The zero-order valence-corrected chi connectivity index (χ0v) is 7.55. The molecule has 0 amide bonds. The summed E-state index contributed by atoms with van der Waals surface area (Å²) in [4.78, 5) is 2.72. The largest absolute Gasteiger partial charge is 0.300 e. The maximum Gasteiger partial charge on any atom is 0.00932 e. The van der Waals surface area contributed by atoms with E-state index in [0.717, 1.165) is 12.0 Å². The van der Waals surface area contributed by atoms with E-state index in [1.165, 1.54) is 45.2 Å². The van der Waals surface area contributed by atoms with Crippen LogP contribution in [0.3, 0.4) is 0 Å². The molecule has 1 nitrogen and oxygen atoms in total. The molecular formula is C10H19N. The molecule has 0 aromatic heterocycles. The van der Waals surface area contributed by atoms with Crippen LogP contribution in [0.25, 0.3) is 0 Å². The number of rotatable bonds is 3. The zero-order valence-electron chi connectivity index (χ0n) is 7.55. The van der Waals surface area contributed by atoms with Crippen molar-refractivity contribution in [2.75, 3.05) is 13.1 Å². The van der Waals surface area contributed by atoms with Gasteiger partial charge in [-0.25, -0.2) is 0 Å².